The lowest BCUT2D eigenvalue weighted by molar-refractivity contribution is 0.129. The van der Waals surface area contributed by atoms with E-state index in [1.165, 1.54) is 18.6 Å². The van der Waals surface area contributed by atoms with Crippen molar-refractivity contribution < 1.29 is 4.74 Å². The minimum Gasteiger partial charge on any atom is -0.377 e. The Morgan fingerprint density at radius 2 is 2.54 bits per heavy atom. The zero-order valence-electron chi connectivity index (χ0n) is 8.13. The van der Waals surface area contributed by atoms with Crippen molar-refractivity contribution in [1.82, 2.24) is 5.32 Å². The van der Waals surface area contributed by atoms with Gasteiger partial charge in [0, 0.05) is 31.2 Å². The molecule has 0 aromatic rings. The van der Waals surface area contributed by atoms with Crippen molar-refractivity contribution in [3.63, 3.8) is 0 Å². The quantitative estimate of drug-likeness (QED) is 0.500. The van der Waals surface area contributed by atoms with Crippen molar-refractivity contribution >= 4 is 11.8 Å². The molecule has 3 heteroatoms. The first-order valence-electron chi connectivity index (χ1n) is 4.94. The Labute approximate surface area is 85.1 Å². The largest absolute Gasteiger partial charge is 0.377 e. The second-order valence-electron chi connectivity index (χ2n) is 3.20. The van der Waals surface area contributed by atoms with Gasteiger partial charge < -0.3 is 10.1 Å². The summed E-state index contributed by atoms with van der Waals surface area (Å²) in [4.78, 5) is 0. The zero-order valence-corrected chi connectivity index (χ0v) is 8.94. The van der Waals surface area contributed by atoms with E-state index >= 15 is 0 Å². The maximum absolute atomic E-state index is 5.52. The van der Waals surface area contributed by atoms with Gasteiger partial charge in [-0.2, -0.15) is 11.8 Å². The maximum Gasteiger partial charge on any atom is 0.0666 e. The van der Waals surface area contributed by atoms with Gasteiger partial charge in [-0.05, 0) is 12.8 Å². The fourth-order valence-corrected chi connectivity index (χ4v) is 2.32. The maximum atomic E-state index is 5.52. The molecule has 0 aromatic heterocycles. The molecule has 0 amide bonds. The highest BCUT2D eigenvalue weighted by Gasteiger charge is 2.14. The molecule has 0 radical (unpaired) electrons. The highest BCUT2D eigenvalue weighted by molar-refractivity contribution is 7.99. The van der Waals surface area contributed by atoms with Crippen LogP contribution in [-0.4, -0.2) is 37.3 Å². The summed E-state index contributed by atoms with van der Waals surface area (Å²) in [5, 5.41) is 3.28. The van der Waals surface area contributed by atoms with Crippen LogP contribution < -0.4 is 5.32 Å². The summed E-state index contributed by atoms with van der Waals surface area (Å²) in [6, 6.07) is 0. The van der Waals surface area contributed by atoms with Crippen molar-refractivity contribution in [2.45, 2.75) is 18.9 Å². The van der Waals surface area contributed by atoms with E-state index in [0.29, 0.717) is 6.10 Å². The van der Waals surface area contributed by atoms with Crippen LogP contribution in [0.5, 0.6) is 0 Å². The predicted octanol–water partition coefficient (Wildman–Crippen LogP) is 1.67. The average molecular weight is 201 g/mol. The molecule has 1 aliphatic heterocycles. The van der Waals surface area contributed by atoms with Crippen LogP contribution in [0.1, 0.15) is 12.8 Å². The average Bonchev–Trinajstić information content (AvgIpc) is 2.63. The number of hydrogen-bond donors (Lipinski definition) is 1. The summed E-state index contributed by atoms with van der Waals surface area (Å²) in [5.41, 5.74) is 0. The molecule has 0 bridgehead atoms. The van der Waals surface area contributed by atoms with Crippen LogP contribution in [0.3, 0.4) is 0 Å². The van der Waals surface area contributed by atoms with Crippen LogP contribution in [0.15, 0.2) is 12.7 Å². The zero-order chi connectivity index (χ0) is 9.36. The summed E-state index contributed by atoms with van der Waals surface area (Å²) >= 11 is 1.98. The molecule has 76 valence electrons. The van der Waals surface area contributed by atoms with E-state index in [1.54, 1.807) is 0 Å². The normalized spacial score (nSPS) is 22.0. The Hall–Kier alpha value is 0.01000. The molecular weight excluding hydrogens is 182 g/mol. The molecule has 13 heavy (non-hydrogen) atoms. The van der Waals surface area contributed by atoms with Crippen LogP contribution in [0, 0.1) is 0 Å². The number of rotatable bonds is 7. The van der Waals surface area contributed by atoms with E-state index in [-0.39, 0.29) is 0 Å². The molecule has 0 aliphatic carbocycles. The molecule has 1 atom stereocenters. The van der Waals surface area contributed by atoms with E-state index in [9.17, 15) is 0 Å². The van der Waals surface area contributed by atoms with E-state index in [0.717, 1.165) is 25.4 Å². The summed E-state index contributed by atoms with van der Waals surface area (Å²) in [7, 11) is 0. The summed E-state index contributed by atoms with van der Waals surface area (Å²) < 4.78 is 5.52. The Morgan fingerprint density at radius 1 is 1.62 bits per heavy atom. The molecule has 1 fully saturated rings. The highest BCUT2D eigenvalue weighted by atomic mass is 32.2. The first-order chi connectivity index (χ1) is 6.43. The van der Waals surface area contributed by atoms with Gasteiger partial charge in [0.2, 0.25) is 0 Å². The standard InChI is InChI=1S/C10H19NOS/c1-2-5-11-6-8-13-9-10-4-3-7-12-10/h2,10-11H,1,3-9H2. The fraction of sp³-hybridized carbons (Fsp3) is 0.800. The first kappa shape index (κ1) is 11.1. The van der Waals surface area contributed by atoms with Gasteiger partial charge in [0.05, 0.1) is 6.10 Å². The van der Waals surface area contributed by atoms with Crippen LogP contribution in [0.4, 0.5) is 0 Å². The monoisotopic (exact) mass is 201 g/mol. The molecule has 1 heterocycles. The van der Waals surface area contributed by atoms with Gasteiger partial charge in [0.15, 0.2) is 0 Å². The lowest BCUT2D eigenvalue weighted by Gasteiger charge is -2.08. The Kier molecular flexibility index (Phi) is 6.33. The van der Waals surface area contributed by atoms with E-state index < -0.39 is 0 Å². The molecular formula is C10H19NOS. The molecule has 1 saturated heterocycles. The van der Waals surface area contributed by atoms with Crippen LogP contribution >= 0.6 is 11.8 Å². The van der Waals surface area contributed by atoms with E-state index in [2.05, 4.69) is 11.9 Å². The van der Waals surface area contributed by atoms with Gasteiger partial charge in [0.1, 0.15) is 0 Å². The van der Waals surface area contributed by atoms with E-state index in [4.69, 9.17) is 4.74 Å². The number of ether oxygens (including phenoxy) is 1. The Morgan fingerprint density at radius 3 is 3.23 bits per heavy atom. The third-order valence-electron chi connectivity index (χ3n) is 2.04. The van der Waals surface area contributed by atoms with E-state index in [1.807, 2.05) is 17.8 Å². The summed E-state index contributed by atoms with van der Waals surface area (Å²) in [5.74, 6) is 2.34. The van der Waals surface area contributed by atoms with Crippen LogP contribution in [0.2, 0.25) is 0 Å². The van der Waals surface area contributed by atoms with Crippen LogP contribution in [-0.2, 0) is 4.74 Å². The molecule has 0 saturated carbocycles. The Bertz CT molecular complexity index is 135. The van der Waals surface area contributed by atoms with Crippen molar-refractivity contribution in [2.75, 3.05) is 31.2 Å². The molecule has 0 spiro atoms. The lowest BCUT2D eigenvalue weighted by Crippen LogP contribution is -2.18. The second kappa shape index (κ2) is 7.42. The minimum absolute atomic E-state index is 0.532. The molecule has 1 unspecified atom stereocenters. The SMILES string of the molecule is C=CCNCCSCC1CCCO1. The fourth-order valence-electron chi connectivity index (χ4n) is 1.34. The van der Waals surface area contributed by atoms with Crippen molar-refractivity contribution in [3.05, 3.63) is 12.7 Å². The smallest absolute Gasteiger partial charge is 0.0666 e. The van der Waals surface area contributed by atoms with Crippen molar-refractivity contribution in [1.29, 1.82) is 0 Å². The highest BCUT2D eigenvalue weighted by Crippen LogP contribution is 2.16. The third kappa shape index (κ3) is 5.34. The van der Waals surface area contributed by atoms with Crippen molar-refractivity contribution in [2.24, 2.45) is 0 Å². The lowest BCUT2D eigenvalue weighted by atomic mass is 10.3. The number of hydrogen-bond acceptors (Lipinski definition) is 3. The van der Waals surface area contributed by atoms with Gasteiger partial charge in [-0.15, -0.1) is 6.58 Å². The molecule has 0 aromatic carbocycles. The predicted molar refractivity (Wildman–Crippen MR) is 59.4 cm³/mol. The third-order valence-corrected chi connectivity index (χ3v) is 3.14. The van der Waals surface area contributed by atoms with Crippen molar-refractivity contribution in [3.8, 4) is 0 Å². The summed E-state index contributed by atoms with van der Waals surface area (Å²) in [6.07, 6.45) is 4.93. The van der Waals surface area contributed by atoms with Gasteiger partial charge in [-0.25, -0.2) is 0 Å². The van der Waals surface area contributed by atoms with Gasteiger partial charge >= 0.3 is 0 Å². The van der Waals surface area contributed by atoms with Gasteiger partial charge in [0.25, 0.3) is 0 Å². The first-order valence-corrected chi connectivity index (χ1v) is 6.10. The van der Waals surface area contributed by atoms with Crippen LogP contribution in [0.25, 0.3) is 0 Å². The van der Waals surface area contributed by atoms with Gasteiger partial charge in [-0.3, -0.25) is 0 Å². The van der Waals surface area contributed by atoms with Gasteiger partial charge in [-0.1, -0.05) is 6.08 Å². The minimum atomic E-state index is 0.532. The molecule has 2 nitrogen and oxygen atoms in total. The Balaban J connectivity index is 1.80. The number of nitrogens with one attached hydrogen (secondary N) is 1. The topological polar surface area (TPSA) is 21.3 Å². The molecule has 1 rings (SSSR count). The second-order valence-corrected chi connectivity index (χ2v) is 4.35. The molecule has 1 N–H and O–H groups in total. The molecule has 1 aliphatic rings. The number of thioether (sulfide) groups is 1. The summed E-state index contributed by atoms with van der Waals surface area (Å²) in [6.45, 7) is 6.61.